The first kappa shape index (κ1) is 57.1. The van der Waals surface area contributed by atoms with Crippen LogP contribution in [-0.4, -0.2) is 125 Å². The van der Waals surface area contributed by atoms with Gasteiger partial charge in [-0.15, -0.1) is 0 Å². The van der Waals surface area contributed by atoms with Gasteiger partial charge >= 0.3 is 0 Å². The summed E-state index contributed by atoms with van der Waals surface area (Å²) in [6.45, 7) is 6.86. The standard InChI is InChI=1S/C48H95NO11/c1-3-5-6-7-8-9-10-13-16-19-23-28-33-41(51)44(53)40(39-59-48-47(56)46(55)45(54)42(38-50)60-48)49-43(52)34-29-24-20-17-14-11-12-15-18-21-25-31-36-58-37-32-27-22-26-30-35-57-4-2/h40-42,44-48,50-51,53-56H,3-39H2,1-2H3,(H,49,52)/t40-,41+,42+,44-,45-,46-,47+,48-/m0/s1. The lowest BCUT2D eigenvalue weighted by Gasteiger charge is -2.40. The van der Waals surface area contributed by atoms with Crippen LogP contribution in [0.3, 0.4) is 0 Å². The van der Waals surface area contributed by atoms with Crippen molar-refractivity contribution in [1.82, 2.24) is 5.32 Å². The van der Waals surface area contributed by atoms with E-state index in [2.05, 4.69) is 12.2 Å². The first-order valence-corrected chi connectivity index (χ1v) is 25.0. The molecule has 0 bridgehead atoms. The molecule has 0 aromatic heterocycles. The highest BCUT2D eigenvalue weighted by molar-refractivity contribution is 5.76. The Hall–Kier alpha value is -0.930. The molecular weight excluding hydrogens is 767 g/mol. The van der Waals surface area contributed by atoms with Gasteiger partial charge in [-0.05, 0) is 39.0 Å². The van der Waals surface area contributed by atoms with Crippen molar-refractivity contribution in [2.24, 2.45) is 0 Å². The van der Waals surface area contributed by atoms with Gasteiger partial charge in [0.25, 0.3) is 0 Å². The number of aliphatic hydroxyl groups is 6. The molecule has 7 N–H and O–H groups in total. The lowest BCUT2D eigenvalue weighted by molar-refractivity contribution is -0.303. The number of hydrogen-bond donors (Lipinski definition) is 7. The molecule has 1 fully saturated rings. The second kappa shape index (κ2) is 40.8. The third-order valence-electron chi connectivity index (χ3n) is 12.0. The van der Waals surface area contributed by atoms with Crippen molar-refractivity contribution in [2.45, 2.75) is 262 Å². The van der Waals surface area contributed by atoms with E-state index in [0.717, 1.165) is 84.2 Å². The first-order chi connectivity index (χ1) is 29.3. The van der Waals surface area contributed by atoms with E-state index in [1.54, 1.807) is 0 Å². The summed E-state index contributed by atoms with van der Waals surface area (Å²) in [5.74, 6) is -0.264. The molecule has 1 rings (SSSR count). The minimum atomic E-state index is -1.61. The van der Waals surface area contributed by atoms with Crippen molar-refractivity contribution >= 4 is 5.91 Å². The summed E-state index contributed by atoms with van der Waals surface area (Å²) < 4.78 is 22.3. The summed E-state index contributed by atoms with van der Waals surface area (Å²) in [4.78, 5) is 13.0. The van der Waals surface area contributed by atoms with E-state index in [-0.39, 0.29) is 18.9 Å². The van der Waals surface area contributed by atoms with E-state index in [9.17, 15) is 35.4 Å². The number of aliphatic hydroxyl groups excluding tert-OH is 6. The minimum Gasteiger partial charge on any atom is -0.394 e. The highest BCUT2D eigenvalue weighted by Crippen LogP contribution is 2.23. The Morgan fingerprint density at radius 3 is 1.47 bits per heavy atom. The molecule has 12 nitrogen and oxygen atoms in total. The molecule has 1 saturated heterocycles. The second-order valence-electron chi connectivity index (χ2n) is 17.5. The molecule has 1 aliphatic rings. The molecule has 0 unspecified atom stereocenters. The minimum absolute atomic E-state index is 0.264. The SMILES string of the molecule is CCCCCCCCCCCCCC[C@@H](O)[C@@H](O)[C@H](CO[C@H]1O[C@H](CO)[C@H](O)[C@H](O)[C@H]1O)NC(=O)CCCCCCCCCCCCCCOCCCCCCCOCC. The predicted octanol–water partition coefficient (Wildman–Crippen LogP) is 8.18. The van der Waals surface area contributed by atoms with Crippen LogP contribution in [0.5, 0.6) is 0 Å². The predicted molar refractivity (Wildman–Crippen MR) is 240 cm³/mol. The van der Waals surface area contributed by atoms with Crippen LogP contribution in [0.4, 0.5) is 0 Å². The normalized spacial score (nSPS) is 21.0. The summed E-state index contributed by atoms with van der Waals surface area (Å²) in [7, 11) is 0. The molecule has 0 aliphatic carbocycles. The number of rotatable bonds is 44. The van der Waals surface area contributed by atoms with E-state index < -0.39 is 55.6 Å². The number of nitrogens with one attached hydrogen (secondary N) is 1. The van der Waals surface area contributed by atoms with Gasteiger partial charge in [0.1, 0.15) is 30.5 Å². The molecule has 1 aliphatic heterocycles. The van der Waals surface area contributed by atoms with Crippen LogP contribution in [0.15, 0.2) is 0 Å². The van der Waals surface area contributed by atoms with Gasteiger partial charge in [0.2, 0.25) is 5.91 Å². The van der Waals surface area contributed by atoms with Gasteiger partial charge < -0.3 is 54.9 Å². The Morgan fingerprint density at radius 2 is 1.00 bits per heavy atom. The maximum absolute atomic E-state index is 13.0. The zero-order chi connectivity index (χ0) is 43.9. The number of carbonyl (C=O) groups is 1. The maximum atomic E-state index is 13.0. The number of hydrogen-bond acceptors (Lipinski definition) is 11. The largest absolute Gasteiger partial charge is 0.394 e. The van der Waals surface area contributed by atoms with Crippen LogP contribution in [0.25, 0.3) is 0 Å². The van der Waals surface area contributed by atoms with Gasteiger partial charge in [0.15, 0.2) is 6.29 Å². The van der Waals surface area contributed by atoms with Crippen LogP contribution in [0.2, 0.25) is 0 Å². The average molecular weight is 862 g/mol. The van der Waals surface area contributed by atoms with Gasteiger partial charge in [-0.25, -0.2) is 0 Å². The molecule has 1 amide bonds. The molecule has 0 saturated carbocycles. The fraction of sp³-hybridized carbons (Fsp3) is 0.979. The molecule has 60 heavy (non-hydrogen) atoms. The van der Waals surface area contributed by atoms with Crippen molar-refractivity contribution in [1.29, 1.82) is 0 Å². The van der Waals surface area contributed by atoms with Crippen LogP contribution in [-0.2, 0) is 23.7 Å². The Labute approximate surface area is 366 Å². The number of unbranched alkanes of at least 4 members (excludes halogenated alkanes) is 26. The number of ether oxygens (including phenoxy) is 4. The van der Waals surface area contributed by atoms with E-state index >= 15 is 0 Å². The molecule has 1 heterocycles. The fourth-order valence-electron chi connectivity index (χ4n) is 7.98. The molecule has 0 aromatic carbocycles. The Balaban J connectivity index is 2.26. The lowest BCUT2D eigenvalue weighted by Crippen LogP contribution is -2.60. The highest BCUT2D eigenvalue weighted by atomic mass is 16.7. The van der Waals surface area contributed by atoms with Crippen molar-refractivity contribution < 1.29 is 54.4 Å². The first-order valence-electron chi connectivity index (χ1n) is 25.0. The van der Waals surface area contributed by atoms with Crippen LogP contribution < -0.4 is 5.32 Å². The van der Waals surface area contributed by atoms with E-state index in [4.69, 9.17) is 18.9 Å². The quantitative estimate of drug-likeness (QED) is 0.0293. The summed E-state index contributed by atoms with van der Waals surface area (Å²) in [5, 5.41) is 65.2. The molecule has 0 aromatic rings. The zero-order valence-electron chi connectivity index (χ0n) is 38.5. The lowest BCUT2D eigenvalue weighted by atomic mass is 9.98. The summed E-state index contributed by atoms with van der Waals surface area (Å²) >= 11 is 0. The zero-order valence-corrected chi connectivity index (χ0v) is 38.5. The van der Waals surface area contributed by atoms with Gasteiger partial charge in [-0.2, -0.15) is 0 Å². The summed E-state index contributed by atoms with van der Waals surface area (Å²) in [6, 6.07) is -0.994. The van der Waals surface area contributed by atoms with Crippen molar-refractivity contribution in [3.63, 3.8) is 0 Å². The smallest absolute Gasteiger partial charge is 0.220 e. The van der Waals surface area contributed by atoms with E-state index in [0.29, 0.717) is 12.8 Å². The van der Waals surface area contributed by atoms with Gasteiger partial charge in [0.05, 0.1) is 25.4 Å². The molecule has 8 atom stereocenters. The van der Waals surface area contributed by atoms with E-state index in [1.165, 1.54) is 122 Å². The van der Waals surface area contributed by atoms with Crippen LogP contribution in [0.1, 0.15) is 213 Å². The van der Waals surface area contributed by atoms with Crippen LogP contribution in [0, 0.1) is 0 Å². The van der Waals surface area contributed by atoms with Gasteiger partial charge in [0, 0.05) is 32.8 Å². The third-order valence-corrected chi connectivity index (χ3v) is 12.0. The summed E-state index contributed by atoms with van der Waals surface area (Å²) in [6.07, 6.45) is 25.2. The van der Waals surface area contributed by atoms with Gasteiger partial charge in [-0.1, -0.05) is 167 Å². The van der Waals surface area contributed by atoms with Crippen molar-refractivity contribution in [2.75, 3.05) is 39.6 Å². The van der Waals surface area contributed by atoms with Crippen molar-refractivity contribution in [3.05, 3.63) is 0 Å². The monoisotopic (exact) mass is 862 g/mol. The molecule has 12 heteroatoms. The average Bonchev–Trinajstić information content (AvgIpc) is 3.25. The van der Waals surface area contributed by atoms with Gasteiger partial charge in [-0.3, -0.25) is 4.79 Å². The van der Waals surface area contributed by atoms with Crippen LogP contribution >= 0.6 is 0 Å². The number of carbonyl (C=O) groups excluding carboxylic acids is 1. The molecule has 0 radical (unpaired) electrons. The van der Waals surface area contributed by atoms with Crippen molar-refractivity contribution in [3.8, 4) is 0 Å². The Morgan fingerprint density at radius 1 is 0.567 bits per heavy atom. The third kappa shape index (κ3) is 30.2. The Kier molecular flexibility index (Phi) is 38.8. The molecular formula is C48H95NO11. The van der Waals surface area contributed by atoms with E-state index in [1.807, 2.05) is 6.92 Å². The second-order valence-corrected chi connectivity index (χ2v) is 17.5. The molecule has 358 valence electrons. The maximum Gasteiger partial charge on any atom is 0.220 e. The fourth-order valence-corrected chi connectivity index (χ4v) is 7.98. The topological polar surface area (TPSA) is 187 Å². The molecule has 0 spiro atoms. The highest BCUT2D eigenvalue weighted by Gasteiger charge is 2.44. The summed E-state index contributed by atoms with van der Waals surface area (Å²) in [5.41, 5.74) is 0. The number of amides is 1. The Bertz CT molecular complexity index is 931.